The quantitative estimate of drug-likeness (QED) is 0.497. The molecule has 1 heterocycles. The van der Waals surface area contributed by atoms with E-state index < -0.39 is 5.97 Å². The van der Waals surface area contributed by atoms with E-state index >= 15 is 0 Å². The van der Waals surface area contributed by atoms with Crippen molar-refractivity contribution in [1.82, 2.24) is 5.10 Å². The summed E-state index contributed by atoms with van der Waals surface area (Å²) < 4.78 is 1.60. The van der Waals surface area contributed by atoms with Crippen molar-refractivity contribution in [2.24, 2.45) is 0 Å². The van der Waals surface area contributed by atoms with Gasteiger partial charge in [0.25, 0.3) is 5.82 Å². The zero-order chi connectivity index (χ0) is 19.2. The smallest absolute Gasteiger partial charge is 0.303 e. The van der Waals surface area contributed by atoms with Crippen LogP contribution in [0.5, 0.6) is 0 Å². The second kappa shape index (κ2) is 8.23. The highest BCUT2D eigenvalue weighted by molar-refractivity contribution is 6.09. The number of hydrogen-bond donors (Lipinski definition) is 2. The molecule has 1 aromatic heterocycles. The molecule has 136 valence electrons. The van der Waals surface area contributed by atoms with Gasteiger partial charge in [-0.15, -0.1) is 4.68 Å². The van der Waals surface area contributed by atoms with Gasteiger partial charge in [0.1, 0.15) is 12.2 Å². The normalized spacial score (nSPS) is 10.5. The van der Waals surface area contributed by atoms with Gasteiger partial charge in [-0.1, -0.05) is 59.7 Å². The Morgan fingerprint density at radius 3 is 2.26 bits per heavy atom. The molecule has 0 spiro atoms. The van der Waals surface area contributed by atoms with Crippen molar-refractivity contribution in [3.63, 3.8) is 0 Å². The fourth-order valence-electron chi connectivity index (χ4n) is 2.73. The number of nitrogens with zero attached hydrogens (tertiary/aromatic N) is 2. The van der Waals surface area contributed by atoms with Crippen LogP contribution in [0.25, 0.3) is 11.3 Å². The largest absolute Gasteiger partial charge is 0.481 e. The van der Waals surface area contributed by atoms with Crippen LogP contribution in [0.3, 0.4) is 0 Å². The Bertz CT molecular complexity index is 954. The summed E-state index contributed by atoms with van der Waals surface area (Å²) in [5.41, 5.74) is 8.73. The van der Waals surface area contributed by atoms with Crippen LogP contribution in [-0.2, 0) is 11.3 Å². The van der Waals surface area contributed by atoms with Crippen molar-refractivity contribution in [1.29, 1.82) is 0 Å². The van der Waals surface area contributed by atoms with E-state index in [0.29, 0.717) is 35.6 Å². The summed E-state index contributed by atoms with van der Waals surface area (Å²) in [7, 11) is 0. The summed E-state index contributed by atoms with van der Waals surface area (Å²) >= 11 is 0. The Morgan fingerprint density at radius 1 is 0.926 bits per heavy atom. The third kappa shape index (κ3) is 4.55. The fraction of sp³-hybridized carbons (Fsp3) is 0.143. The van der Waals surface area contributed by atoms with Crippen LogP contribution in [0.4, 0.5) is 5.82 Å². The van der Waals surface area contributed by atoms with E-state index in [4.69, 9.17) is 10.8 Å². The number of rotatable bonds is 7. The zero-order valence-corrected chi connectivity index (χ0v) is 14.7. The third-order valence-corrected chi connectivity index (χ3v) is 4.18. The van der Waals surface area contributed by atoms with Crippen molar-refractivity contribution in [3.8, 4) is 11.3 Å². The lowest BCUT2D eigenvalue weighted by atomic mass is 10.0. The molecule has 0 amide bonds. The number of anilines is 1. The molecule has 6 heteroatoms. The first kappa shape index (κ1) is 18.3. The van der Waals surface area contributed by atoms with Gasteiger partial charge < -0.3 is 5.11 Å². The number of ketones is 1. The van der Waals surface area contributed by atoms with Crippen LogP contribution in [-0.4, -0.2) is 22.0 Å². The average molecular weight is 362 g/mol. The van der Waals surface area contributed by atoms with Crippen molar-refractivity contribution in [3.05, 3.63) is 77.9 Å². The van der Waals surface area contributed by atoms with Gasteiger partial charge >= 0.3 is 5.97 Å². The molecular formula is C21H20N3O3+. The molecule has 6 nitrogen and oxygen atoms in total. The monoisotopic (exact) mass is 362 g/mol. The maximum Gasteiger partial charge on any atom is 0.303 e. The van der Waals surface area contributed by atoms with Crippen LogP contribution in [0, 0.1) is 0 Å². The van der Waals surface area contributed by atoms with E-state index in [1.165, 1.54) is 0 Å². The molecule has 3 rings (SSSR count). The molecule has 0 saturated heterocycles. The Hall–Kier alpha value is -3.54. The van der Waals surface area contributed by atoms with Gasteiger partial charge in [0, 0.05) is 29.2 Å². The summed E-state index contributed by atoms with van der Waals surface area (Å²) in [4.78, 5) is 23.1. The van der Waals surface area contributed by atoms with Crippen LogP contribution in [0.15, 0.2) is 66.7 Å². The van der Waals surface area contributed by atoms with Crippen molar-refractivity contribution >= 4 is 17.6 Å². The number of nitrogen functional groups attached to an aromatic ring is 1. The molecule has 0 bridgehead atoms. The molecular weight excluding hydrogens is 342 g/mol. The molecule has 0 unspecified atom stereocenters. The Labute approximate surface area is 156 Å². The minimum absolute atomic E-state index is 0.0313. The van der Waals surface area contributed by atoms with Gasteiger partial charge in [-0.25, -0.2) is 0 Å². The Kier molecular flexibility index (Phi) is 5.56. The van der Waals surface area contributed by atoms with E-state index in [1.807, 2.05) is 30.3 Å². The average Bonchev–Trinajstić information content (AvgIpc) is 2.69. The highest BCUT2D eigenvalue weighted by Crippen LogP contribution is 2.18. The van der Waals surface area contributed by atoms with E-state index in [0.717, 1.165) is 5.56 Å². The van der Waals surface area contributed by atoms with Crippen LogP contribution < -0.4 is 10.4 Å². The van der Waals surface area contributed by atoms with Crippen molar-refractivity contribution < 1.29 is 19.4 Å². The van der Waals surface area contributed by atoms with Crippen LogP contribution in [0.2, 0.25) is 0 Å². The van der Waals surface area contributed by atoms with Gasteiger partial charge in [-0.05, 0) is 12.5 Å². The number of carboxylic acid groups (broad SMARTS) is 1. The van der Waals surface area contributed by atoms with E-state index in [9.17, 15) is 9.59 Å². The number of benzene rings is 2. The first-order valence-corrected chi connectivity index (χ1v) is 8.63. The molecule has 0 atom stereocenters. The second-order valence-corrected chi connectivity index (χ2v) is 6.14. The summed E-state index contributed by atoms with van der Waals surface area (Å²) in [6.07, 6.45) is 0.514. The highest BCUT2D eigenvalue weighted by atomic mass is 16.4. The number of carbonyl (C=O) groups excluding carboxylic acids is 1. The minimum atomic E-state index is -0.844. The van der Waals surface area contributed by atoms with Gasteiger partial charge in [0.15, 0.2) is 5.78 Å². The lowest BCUT2D eigenvalue weighted by Crippen LogP contribution is -2.41. The summed E-state index contributed by atoms with van der Waals surface area (Å²) in [5, 5.41) is 13.2. The molecule has 0 saturated carbocycles. The van der Waals surface area contributed by atoms with Gasteiger partial charge in [-0.2, -0.15) is 0 Å². The standard InChI is InChI=1S/C21H19N3O3/c22-19-13-12-18(23-24(19)14-4-7-20(25)26)15-8-10-17(11-9-15)21(27)16-5-2-1-3-6-16/h1-3,5-6,8-13,22H,4,7,14H2,(H,25,26)/p+1. The predicted octanol–water partition coefficient (Wildman–Crippen LogP) is 2.71. The molecule has 0 aliphatic rings. The van der Waals surface area contributed by atoms with Gasteiger partial charge in [0.2, 0.25) is 0 Å². The molecule has 2 aromatic carbocycles. The first-order valence-electron chi connectivity index (χ1n) is 8.63. The molecule has 3 N–H and O–H groups in total. The lowest BCUT2D eigenvalue weighted by Gasteiger charge is -2.06. The molecule has 0 fully saturated rings. The highest BCUT2D eigenvalue weighted by Gasteiger charge is 2.12. The number of aliphatic carboxylic acids is 1. The first-order chi connectivity index (χ1) is 13.0. The maximum atomic E-state index is 12.5. The van der Waals surface area contributed by atoms with Gasteiger partial charge in [-0.3, -0.25) is 15.3 Å². The van der Waals surface area contributed by atoms with E-state index in [1.54, 1.807) is 41.1 Å². The summed E-state index contributed by atoms with van der Waals surface area (Å²) in [6, 6.07) is 19.9. The number of aromatic nitrogens is 2. The number of carbonyl (C=O) groups is 2. The summed E-state index contributed by atoms with van der Waals surface area (Å²) in [5.74, 6) is -0.403. The third-order valence-electron chi connectivity index (χ3n) is 4.18. The number of nitrogens with two attached hydrogens (primary N) is 1. The van der Waals surface area contributed by atoms with Crippen molar-refractivity contribution in [2.75, 3.05) is 5.73 Å². The zero-order valence-electron chi connectivity index (χ0n) is 14.7. The molecule has 0 aliphatic carbocycles. The van der Waals surface area contributed by atoms with E-state index in [-0.39, 0.29) is 12.2 Å². The molecule has 0 radical (unpaired) electrons. The number of carboxylic acids is 1. The van der Waals surface area contributed by atoms with Gasteiger partial charge in [0.05, 0.1) is 0 Å². The SMILES string of the molecule is Nc1ccc(-c2ccc(C(=O)c3ccccc3)cc2)n[n+]1CCCC(=O)O. The summed E-state index contributed by atoms with van der Waals surface area (Å²) in [6.45, 7) is 0.427. The Balaban J connectivity index is 1.78. The maximum absolute atomic E-state index is 12.5. The van der Waals surface area contributed by atoms with Crippen LogP contribution in [0.1, 0.15) is 28.8 Å². The van der Waals surface area contributed by atoms with E-state index in [2.05, 4.69) is 5.10 Å². The lowest BCUT2D eigenvalue weighted by molar-refractivity contribution is -0.739. The molecule has 3 aromatic rings. The second-order valence-electron chi connectivity index (χ2n) is 6.14. The van der Waals surface area contributed by atoms with Crippen LogP contribution >= 0.6 is 0 Å². The Morgan fingerprint density at radius 2 is 1.59 bits per heavy atom. The minimum Gasteiger partial charge on any atom is -0.481 e. The van der Waals surface area contributed by atoms with Crippen molar-refractivity contribution in [2.45, 2.75) is 19.4 Å². The predicted molar refractivity (Wildman–Crippen MR) is 101 cm³/mol. The molecule has 27 heavy (non-hydrogen) atoms. The number of aryl methyl sites for hydroxylation is 1. The fourth-order valence-corrected chi connectivity index (χ4v) is 2.73. The topological polar surface area (TPSA) is 97.2 Å². The number of hydrogen-bond acceptors (Lipinski definition) is 4. The molecule has 0 aliphatic heterocycles.